The third-order valence-corrected chi connectivity index (χ3v) is 7.16. The lowest BCUT2D eigenvalue weighted by Gasteiger charge is -2.08. The molecule has 0 atom stereocenters. The van der Waals surface area contributed by atoms with Crippen molar-refractivity contribution >= 4 is 60.6 Å². The SMILES string of the molecule is CS(=O)(=O)Nc1ccc(NC(=O)c2ccc(CSc3nc4ccccc4s3)cc2)cc1. The van der Waals surface area contributed by atoms with Gasteiger partial charge in [-0.1, -0.05) is 36.0 Å². The van der Waals surface area contributed by atoms with Gasteiger partial charge in [0.05, 0.1) is 16.5 Å². The van der Waals surface area contributed by atoms with E-state index in [2.05, 4.69) is 21.1 Å². The summed E-state index contributed by atoms with van der Waals surface area (Å²) in [4.78, 5) is 17.1. The molecule has 1 aromatic heterocycles. The fourth-order valence-corrected chi connectivity index (χ4v) is 5.44. The molecule has 3 aromatic carbocycles. The summed E-state index contributed by atoms with van der Waals surface area (Å²) >= 11 is 3.36. The molecule has 0 bridgehead atoms. The molecule has 0 spiro atoms. The Morgan fingerprint density at radius 1 is 0.968 bits per heavy atom. The summed E-state index contributed by atoms with van der Waals surface area (Å²) in [6.07, 6.45) is 1.09. The molecule has 0 aliphatic carbocycles. The Bertz CT molecular complexity index is 1280. The average molecular weight is 470 g/mol. The van der Waals surface area contributed by atoms with Gasteiger partial charge < -0.3 is 5.32 Å². The number of fused-ring (bicyclic) bond motifs is 1. The number of benzene rings is 3. The van der Waals surface area contributed by atoms with Crippen LogP contribution >= 0.6 is 23.1 Å². The Labute approximate surface area is 188 Å². The summed E-state index contributed by atoms with van der Waals surface area (Å²) < 4.78 is 27.1. The summed E-state index contributed by atoms with van der Waals surface area (Å²) in [6.45, 7) is 0. The van der Waals surface area contributed by atoms with Gasteiger partial charge >= 0.3 is 0 Å². The minimum Gasteiger partial charge on any atom is -0.322 e. The molecule has 0 saturated heterocycles. The van der Waals surface area contributed by atoms with Gasteiger partial charge in [0.15, 0.2) is 4.34 Å². The number of anilines is 2. The highest BCUT2D eigenvalue weighted by molar-refractivity contribution is 8.00. The lowest BCUT2D eigenvalue weighted by molar-refractivity contribution is 0.102. The predicted octanol–water partition coefficient (Wildman–Crippen LogP) is 5.21. The quantitative estimate of drug-likeness (QED) is 0.363. The van der Waals surface area contributed by atoms with Crippen molar-refractivity contribution in [2.45, 2.75) is 10.1 Å². The Hall–Kier alpha value is -2.88. The summed E-state index contributed by atoms with van der Waals surface area (Å²) in [6, 6.07) is 22.0. The van der Waals surface area contributed by atoms with E-state index in [1.165, 1.54) is 4.70 Å². The molecule has 1 amide bonds. The van der Waals surface area contributed by atoms with Crippen LogP contribution in [0.2, 0.25) is 0 Å². The maximum atomic E-state index is 12.5. The van der Waals surface area contributed by atoms with E-state index in [1.807, 2.05) is 30.3 Å². The van der Waals surface area contributed by atoms with Gasteiger partial charge in [0.2, 0.25) is 10.0 Å². The number of sulfonamides is 1. The van der Waals surface area contributed by atoms with Gasteiger partial charge in [-0.05, 0) is 54.1 Å². The van der Waals surface area contributed by atoms with E-state index in [-0.39, 0.29) is 5.91 Å². The fraction of sp³-hybridized carbons (Fsp3) is 0.0909. The molecular formula is C22H19N3O3S3. The standard InChI is InChI=1S/C22H19N3O3S3/c1-31(27,28)25-18-12-10-17(11-13-18)23-21(26)16-8-6-15(7-9-16)14-29-22-24-19-4-2-3-5-20(19)30-22/h2-13,25H,14H2,1H3,(H,23,26). The molecule has 4 aromatic rings. The number of carbonyl (C=O) groups is 1. The van der Waals surface area contributed by atoms with E-state index < -0.39 is 10.0 Å². The molecule has 0 radical (unpaired) electrons. The Balaban J connectivity index is 1.34. The molecule has 158 valence electrons. The Kier molecular flexibility index (Phi) is 6.26. The van der Waals surface area contributed by atoms with Crippen LogP contribution in [0.1, 0.15) is 15.9 Å². The molecule has 0 fully saturated rings. The van der Waals surface area contributed by atoms with Gasteiger partial charge in [-0.3, -0.25) is 9.52 Å². The number of hydrogen-bond donors (Lipinski definition) is 2. The number of aromatic nitrogens is 1. The van der Waals surface area contributed by atoms with Crippen LogP contribution in [0, 0.1) is 0 Å². The van der Waals surface area contributed by atoms with Crippen molar-refractivity contribution < 1.29 is 13.2 Å². The molecule has 0 unspecified atom stereocenters. The second kappa shape index (κ2) is 9.09. The topological polar surface area (TPSA) is 88.2 Å². The second-order valence-corrected chi connectivity index (χ2v) is 10.8. The first-order chi connectivity index (χ1) is 14.9. The molecule has 4 rings (SSSR count). The summed E-state index contributed by atoms with van der Waals surface area (Å²) in [5.74, 6) is 0.547. The zero-order valence-corrected chi connectivity index (χ0v) is 19.0. The first kappa shape index (κ1) is 21.4. The third-order valence-electron chi connectivity index (χ3n) is 4.30. The van der Waals surface area contributed by atoms with E-state index in [0.29, 0.717) is 16.9 Å². The number of amides is 1. The van der Waals surface area contributed by atoms with E-state index in [4.69, 9.17) is 0 Å². The monoisotopic (exact) mass is 469 g/mol. The summed E-state index contributed by atoms with van der Waals surface area (Å²) in [7, 11) is -3.33. The number of nitrogens with zero attached hydrogens (tertiary/aromatic N) is 1. The third kappa shape index (κ3) is 5.84. The number of nitrogens with one attached hydrogen (secondary N) is 2. The van der Waals surface area contributed by atoms with Crippen LogP contribution in [0.25, 0.3) is 10.2 Å². The molecule has 0 saturated carbocycles. The number of thiazole rings is 1. The number of thioether (sulfide) groups is 1. The number of rotatable bonds is 7. The van der Waals surface area contributed by atoms with Crippen molar-refractivity contribution in [3.05, 3.63) is 83.9 Å². The molecule has 1 heterocycles. The fourth-order valence-electron chi connectivity index (χ4n) is 2.85. The molecule has 6 nitrogen and oxygen atoms in total. The molecule has 9 heteroatoms. The average Bonchev–Trinajstić information content (AvgIpc) is 3.16. The maximum absolute atomic E-state index is 12.5. The van der Waals surface area contributed by atoms with Gasteiger partial charge in [0, 0.05) is 22.7 Å². The molecule has 0 aliphatic heterocycles. The van der Waals surface area contributed by atoms with Gasteiger partial charge in [-0.15, -0.1) is 11.3 Å². The van der Waals surface area contributed by atoms with E-state index in [1.54, 1.807) is 59.5 Å². The highest BCUT2D eigenvalue weighted by Crippen LogP contribution is 2.31. The van der Waals surface area contributed by atoms with Crippen LogP contribution in [0.3, 0.4) is 0 Å². The van der Waals surface area contributed by atoms with Gasteiger partial charge in [0.1, 0.15) is 0 Å². The van der Waals surface area contributed by atoms with Gasteiger partial charge in [-0.25, -0.2) is 13.4 Å². The Morgan fingerprint density at radius 2 is 1.65 bits per heavy atom. The lowest BCUT2D eigenvalue weighted by Crippen LogP contribution is -2.12. The van der Waals surface area contributed by atoms with Crippen molar-refractivity contribution in [1.29, 1.82) is 0 Å². The van der Waals surface area contributed by atoms with Crippen LogP contribution in [-0.4, -0.2) is 25.6 Å². The van der Waals surface area contributed by atoms with Crippen molar-refractivity contribution in [3.63, 3.8) is 0 Å². The van der Waals surface area contributed by atoms with Crippen molar-refractivity contribution in [1.82, 2.24) is 4.98 Å². The number of carbonyl (C=O) groups excluding carboxylic acids is 1. The first-order valence-corrected chi connectivity index (χ1v) is 13.0. The minimum absolute atomic E-state index is 0.228. The van der Waals surface area contributed by atoms with Crippen LogP contribution in [-0.2, 0) is 15.8 Å². The van der Waals surface area contributed by atoms with E-state index in [0.717, 1.165) is 27.4 Å². The van der Waals surface area contributed by atoms with E-state index in [9.17, 15) is 13.2 Å². The van der Waals surface area contributed by atoms with E-state index >= 15 is 0 Å². The highest BCUT2D eigenvalue weighted by Gasteiger charge is 2.08. The molecule has 31 heavy (non-hydrogen) atoms. The smallest absolute Gasteiger partial charge is 0.255 e. The summed E-state index contributed by atoms with van der Waals surface area (Å²) in [5.41, 5.74) is 3.70. The first-order valence-electron chi connectivity index (χ1n) is 9.32. The molecule has 2 N–H and O–H groups in total. The highest BCUT2D eigenvalue weighted by atomic mass is 32.2. The van der Waals surface area contributed by atoms with Crippen molar-refractivity contribution in [2.24, 2.45) is 0 Å². The molecular weight excluding hydrogens is 450 g/mol. The van der Waals surface area contributed by atoms with Crippen molar-refractivity contribution in [3.8, 4) is 0 Å². The largest absolute Gasteiger partial charge is 0.322 e. The predicted molar refractivity (Wildman–Crippen MR) is 128 cm³/mol. The van der Waals surface area contributed by atoms with Crippen molar-refractivity contribution in [2.75, 3.05) is 16.3 Å². The van der Waals surface area contributed by atoms with Crippen LogP contribution in [0.15, 0.2) is 77.1 Å². The number of hydrogen-bond acceptors (Lipinski definition) is 6. The zero-order chi connectivity index (χ0) is 21.8. The van der Waals surface area contributed by atoms with Crippen LogP contribution < -0.4 is 10.0 Å². The van der Waals surface area contributed by atoms with Gasteiger partial charge in [0.25, 0.3) is 5.91 Å². The normalized spacial score (nSPS) is 11.4. The van der Waals surface area contributed by atoms with Crippen LogP contribution in [0.5, 0.6) is 0 Å². The molecule has 0 aliphatic rings. The Morgan fingerprint density at radius 3 is 2.32 bits per heavy atom. The van der Waals surface area contributed by atoms with Crippen LogP contribution in [0.4, 0.5) is 11.4 Å². The zero-order valence-electron chi connectivity index (χ0n) is 16.5. The maximum Gasteiger partial charge on any atom is 0.255 e. The summed E-state index contributed by atoms with van der Waals surface area (Å²) in [5, 5.41) is 2.81. The minimum atomic E-state index is -3.33. The number of para-hydroxylation sites is 1. The lowest BCUT2D eigenvalue weighted by atomic mass is 10.1. The van der Waals surface area contributed by atoms with Gasteiger partial charge in [-0.2, -0.15) is 0 Å². The second-order valence-electron chi connectivity index (χ2n) is 6.84.